The molecule has 1 aromatic rings. The van der Waals surface area contributed by atoms with Crippen molar-refractivity contribution < 1.29 is 18.7 Å². The zero-order chi connectivity index (χ0) is 13.5. The van der Waals surface area contributed by atoms with E-state index in [0.29, 0.717) is 18.8 Å². The molecule has 1 aromatic carbocycles. The summed E-state index contributed by atoms with van der Waals surface area (Å²) < 4.78 is 18.9. The molecule has 0 aromatic heterocycles. The van der Waals surface area contributed by atoms with Gasteiger partial charge in [0, 0.05) is 12.0 Å². The van der Waals surface area contributed by atoms with Crippen molar-refractivity contribution in [3.8, 4) is 5.75 Å². The fraction of sp³-hybridized carbons (Fsp3) is 0.429. The summed E-state index contributed by atoms with van der Waals surface area (Å²) in [7, 11) is 0. The van der Waals surface area contributed by atoms with Gasteiger partial charge in [-0.05, 0) is 25.5 Å². The summed E-state index contributed by atoms with van der Waals surface area (Å²) in [4.78, 5) is 23.1. The standard InChI is InChI=1S/C14H17FO3/c1-3-6-12(16)13(15)14(17)10-7-5-8-11(9-10)18-4-2/h5,7-9,13H,3-4,6H2,1-2H3. The number of hydrogen-bond acceptors (Lipinski definition) is 3. The van der Waals surface area contributed by atoms with Gasteiger partial charge in [-0.2, -0.15) is 0 Å². The van der Waals surface area contributed by atoms with E-state index in [1.54, 1.807) is 19.1 Å². The van der Waals surface area contributed by atoms with Crippen LogP contribution in [0.3, 0.4) is 0 Å². The first-order chi connectivity index (χ1) is 8.60. The molecule has 18 heavy (non-hydrogen) atoms. The minimum Gasteiger partial charge on any atom is -0.494 e. The molecule has 0 aliphatic heterocycles. The van der Waals surface area contributed by atoms with E-state index in [0.717, 1.165) is 0 Å². The molecular formula is C14H17FO3. The quantitative estimate of drug-likeness (QED) is 0.553. The normalized spacial score (nSPS) is 11.9. The lowest BCUT2D eigenvalue weighted by Crippen LogP contribution is -2.25. The Morgan fingerprint density at radius 2 is 2.06 bits per heavy atom. The van der Waals surface area contributed by atoms with Crippen LogP contribution >= 0.6 is 0 Å². The summed E-state index contributed by atoms with van der Waals surface area (Å²) in [5.74, 6) is -0.960. The van der Waals surface area contributed by atoms with Crippen LogP contribution in [0.2, 0.25) is 0 Å². The summed E-state index contributed by atoms with van der Waals surface area (Å²) in [6.07, 6.45) is -1.45. The summed E-state index contributed by atoms with van der Waals surface area (Å²) in [5.41, 5.74) is 0.165. The zero-order valence-electron chi connectivity index (χ0n) is 10.6. The van der Waals surface area contributed by atoms with Crippen LogP contribution in [0.1, 0.15) is 37.0 Å². The second-order valence-electron chi connectivity index (χ2n) is 3.90. The maximum absolute atomic E-state index is 13.6. The highest BCUT2D eigenvalue weighted by Crippen LogP contribution is 2.16. The van der Waals surface area contributed by atoms with E-state index in [9.17, 15) is 14.0 Å². The smallest absolute Gasteiger partial charge is 0.220 e. The summed E-state index contributed by atoms with van der Waals surface area (Å²) in [6, 6.07) is 6.23. The van der Waals surface area contributed by atoms with E-state index in [4.69, 9.17) is 4.74 Å². The summed E-state index contributed by atoms with van der Waals surface area (Å²) in [6.45, 7) is 4.05. The number of halogens is 1. The number of Topliss-reactive ketones (excluding diaryl/α,β-unsaturated/α-hetero) is 2. The van der Waals surface area contributed by atoms with Crippen molar-refractivity contribution in [3.63, 3.8) is 0 Å². The van der Waals surface area contributed by atoms with E-state index in [2.05, 4.69) is 0 Å². The molecule has 3 nitrogen and oxygen atoms in total. The first kappa shape index (κ1) is 14.4. The first-order valence-corrected chi connectivity index (χ1v) is 6.04. The van der Waals surface area contributed by atoms with Gasteiger partial charge in [0.05, 0.1) is 6.61 Å². The topological polar surface area (TPSA) is 43.4 Å². The Morgan fingerprint density at radius 1 is 1.33 bits per heavy atom. The minimum absolute atomic E-state index is 0.0814. The average molecular weight is 252 g/mol. The Balaban J connectivity index is 2.83. The Hall–Kier alpha value is -1.71. The number of ketones is 2. The SMILES string of the molecule is CCCC(=O)C(F)C(=O)c1cccc(OCC)c1. The number of carbonyl (C=O) groups is 2. The lowest BCUT2D eigenvalue weighted by molar-refractivity contribution is -0.122. The molecule has 0 bridgehead atoms. The van der Waals surface area contributed by atoms with Crippen molar-refractivity contribution >= 4 is 11.6 Å². The molecule has 0 spiro atoms. The van der Waals surface area contributed by atoms with Crippen LogP contribution in [-0.2, 0) is 4.79 Å². The number of rotatable bonds is 7. The molecule has 0 amide bonds. The number of ether oxygens (including phenoxy) is 1. The highest BCUT2D eigenvalue weighted by molar-refractivity contribution is 6.13. The van der Waals surface area contributed by atoms with Crippen LogP contribution < -0.4 is 4.74 Å². The first-order valence-electron chi connectivity index (χ1n) is 6.04. The molecule has 98 valence electrons. The molecule has 4 heteroatoms. The molecule has 0 aliphatic rings. The fourth-order valence-electron chi connectivity index (χ4n) is 1.57. The van der Waals surface area contributed by atoms with Crippen molar-refractivity contribution in [1.29, 1.82) is 0 Å². The van der Waals surface area contributed by atoms with Crippen molar-refractivity contribution in [3.05, 3.63) is 29.8 Å². The van der Waals surface area contributed by atoms with Gasteiger partial charge in [0.25, 0.3) is 0 Å². The second kappa shape index (κ2) is 6.89. The predicted molar refractivity (Wildman–Crippen MR) is 66.8 cm³/mol. The molecule has 0 saturated heterocycles. The maximum atomic E-state index is 13.6. The second-order valence-corrected chi connectivity index (χ2v) is 3.90. The maximum Gasteiger partial charge on any atom is 0.220 e. The number of alkyl halides is 1. The van der Waals surface area contributed by atoms with E-state index in [1.165, 1.54) is 12.1 Å². The van der Waals surface area contributed by atoms with Crippen LogP contribution in [-0.4, -0.2) is 24.3 Å². The van der Waals surface area contributed by atoms with Crippen molar-refractivity contribution in [2.45, 2.75) is 32.9 Å². The third kappa shape index (κ3) is 3.65. The van der Waals surface area contributed by atoms with Gasteiger partial charge in [0.1, 0.15) is 5.75 Å². The lowest BCUT2D eigenvalue weighted by atomic mass is 10.0. The Labute approximate surface area is 106 Å². The third-order valence-electron chi connectivity index (χ3n) is 2.44. The van der Waals surface area contributed by atoms with Crippen LogP contribution in [0.15, 0.2) is 24.3 Å². The lowest BCUT2D eigenvalue weighted by Gasteiger charge is -2.08. The van der Waals surface area contributed by atoms with Crippen molar-refractivity contribution in [2.75, 3.05) is 6.61 Å². The van der Waals surface area contributed by atoms with Gasteiger partial charge in [-0.1, -0.05) is 19.1 Å². The van der Waals surface area contributed by atoms with Crippen LogP contribution in [0.4, 0.5) is 4.39 Å². The van der Waals surface area contributed by atoms with Crippen molar-refractivity contribution in [1.82, 2.24) is 0 Å². The molecule has 0 heterocycles. The van der Waals surface area contributed by atoms with Gasteiger partial charge < -0.3 is 4.74 Å². The third-order valence-corrected chi connectivity index (χ3v) is 2.44. The van der Waals surface area contributed by atoms with E-state index >= 15 is 0 Å². The molecule has 0 fully saturated rings. The van der Waals surface area contributed by atoms with Crippen LogP contribution in [0.25, 0.3) is 0 Å². The van der Waals surface area contributed by atoms with E-state index < -0.39 is 17.7 Å². The van der Waals surface area contributed by atoms with Gasteiger partial charge in [0.15, 0.2) is 5.78 Å². The number of carbonyl (C=O) groups excluding carboxylic acids is 2. The van der Waals surface area contributed by atoms with Gasteiger partial charge in [-0.25, -0.2) is 4.39 Å². The van der Waals surface area contributed by atoms with Gasteiger partial charge in [-0.15, -0.1) is 0 Å². The molecule has 0 aliphatic carbocycles. The fourth-order valence-corrected chi connectivity index (χ4v) is 1.57. The number of benzene rings is 1. The van der Waals surface area contributed by atoms with Crippen molar-refractivity contribution in [2.24, 2.45) is 0 Å². The summed E-state index contributed by atoms with van der Waals surface area (Å²) in [5, 5.41) is 0. The molecule has 1 atom stereocenters. The average Bonchev–Trinajstić information content (AvgIpc) is 2.38. The van der Waals surface area contributed by atoms with E-state index in [1.807, 2.05) is 6.92 Å². The zero-order valence-corrected chi connectivity index (χ0v) is 10.6. The minimum atomic E-state index is -2.07. The van der Waals surface area contributed by atoms with Gasteiger partial charge in [-0.3, -0.25) is 9.59 Å². The predicted octanol–water partition coefficient (Wildman–Crippen LogP) is 2.98. The monoisotopic (exact) mass is 252 g/mol. The Bertz CT molecular complexity index is 429. The molecule has 1 rings (SSSR count). The van der Waals surface area contributed by atoms with Gasteiger partial charge in [0.2, 0.25) is 12.0 Å². The molecule has 0 saturated carbocycles. The van der Waals surface area contributed by atoms with Crippen LogP contribution in [0, 0.1) is 0 Å². The van der Waals surface area contributed by atoms with E-state index in [-0.39, 0.29) is 12.0 Å². The van der Waals surface area contributed by atoms with Gasteiger partial charge >= 0.3 is 0 Å². The Morgan fingerprint density at radius 3 is 2.67 bits per heavy atom. The molecule has 1 unspecified atom stereocenters. The van der Waals surface area contributed by atoms with Crippen LogP contribution in [0.5, 0.6) is 5.75 Å². The Kier molecular flexibility index (Phi) is 5.49. The molecule has 0 radical (unpaired) electrons. The molecular weight excluding hydrogens is 235 g/mol. The highest BCUT2D eigenvalue weighted by atomic mass is 19.1. The highest BCUT2D eigenvalue weighted by Gasteiger charge is 2.26. The number of hydrogen-bond donors (Lipinski definition) is 0. The summed E-state index contributed by atoms with van der Waals surface area (Å²) >= 11 is 0. The molecule has 0 N–H and O–H groups in total. The largest absolute Gasteiger partial charge is 0.494 e.